The molecule has 1 aromatic rings. The van der Waals surface area contributed by atoms with Crippen LogP contribution in [0.1, 0.15) is 38.3 Å². The number of aromatic nitrogens is 1. The van der Waals surface area contributed by atoms with E-state index in [1.54, 1.807) is 11.3 Å². The van der Waals surface area contributed by atoms with Crippen LogP contribution in [0.4, 0.5) is 5.13 Å². The zero-order chi connectivity index (χ0) is 12.1. The van der Waals surface area contributed by atoms with Gasteiger partial charge in [-0.25, -0.2) is 4.98 Å². The van der Waals surface area contributed by atoms with Gasteiger partial charge in [0, 0.05) is 24.9 Å². The molecule has 1 fully saturated rings. The number of nitrogens with one attached hydrogen (secondary N) is 1. The fourth-order valence-electron chi connectivity index (χ4n) is 1.92. The average Bonchev–Trinajstić information content (AvgIpc) is 2.86. The van der Waals surface area contributed by atoms with E-state index in [1.165, 1.54) is 19.3 Å². The van der Waals surface area contributed by atoms with E-state index in [9.17, 15) is 4.79 Å². The Kier molecular flexibility index (Phi) is 4.36. The molecule has 1 N–H and O–H groups in total. The largest absolute Gasteiger partial charge is 0.350 e. The lowest BCUT2D eigenvalue weighted by Gasteiger charge is -2.25. The molecule has 5 heteroatoms. The summed E-state index contributed by atoms with van der Waals surface area (Å²) in [4.78, 5) is 18.1. The SMILES string of the molecule is CCC(=O)NCc1csc(N2CCCCC2)n1. The second-order valence-electron chi connectivity index (χ2n) is 4.30. The van der Waals surface area contributed by atoms with E-state index < -0.39 is 0 Å². The monoisotopic (exact) mass is 253 g/mol. The first kappa shape index (κ1) is 12.4. The van der Waals surface area contributed by atoms with Crippen molar-refractivity contribution >= 4 is 22.4 Å². The number of amides is 1. The minimum Gasteiger partial charge on any atom is -0.350 e. The standard InChI is InChI=1S/C12H19N3OS/c1-2-11(16)13-8-10-9-17-12(14-10)15-6-4-3-5-7-15/h9H,2-8H2,1H3,(H,13,16). The highest BCUT2D eigenvalue weighted by Gasteiger charge is 2.14. The summed E-state index contributed by atoms with van der Waals surface area (Å²) in [6.45, 7) is 4.65. The molecule has 0 bridgehead atoms. The Labute approximate surface area is 106 Å². The Bertz CT molecular complexity index is 372. The van der Waals surface area contributed by atoms with Gasteiger partial charge in [0.05, 0.1) is 12.2 Å². The molecular formula is C12H19N3OS. The van der Waals surface area contributed by atoms with Gasteiger partial charge in [0.25, 0.3) is 0 Å². The molecule has 0 aliphatic carbocycles. The molecule has 1 aliphatic heterocycles. The summed E-state index contributed by atoms with van der Waals surface area (Å²) < 4.78 is 0. The number of rotatable bonds is 4. The van der Waals surface area contributed by atoms with Gasteiger partial charge in [-0.15, -0.1) is 11.3 Å². The summed E-state index contributed by atoms with van der Waals surface area (Å²) >= 11 is 1.68. The molecule has 1 aromatic heterocycles. The van der Waals surface area contributed by atoms with Crippen molar-refractivity contribution in [3.8, 4) is 0 Å². The molecule has 1 saturated heterocycles. The molecule has 94 valence electrons. The van der Waals surface area contributed by atoms with E-state index in [0.29, 0.717) is 13.0 Å². The summed E-state index contributed by atoms with van der Waals surface area (Å²) in [5.74, 6) is 0.0810. The van der Waals surface area contributed by atoms with Gasteiger partial charge in [0.15, 0.2) is 5.13 Å². The topological polar surface area (TPSA) is 45.2 Å². The van der Waals surface area contributed by atoms with E-state index in [2.05, 4.69) is 15.2 Å². The molecule has 1 amide bonds. The van der Waals surface area contributed by atoms with Gasteiger partial charge in [-0.05, 0) is 19.3 Å². The van der Waals surface area contributed by atoms with Gasteiger partial charge in [0.1, 0.15) is 0 Å². The van der Waals surface area contributed by atoms with Crippen molar-refractivity contribution in [3.05, 3.63) is 11.1 Å². The van der Waals surface area contributed by atoms with Crippen LogP contribution in [0.2, 0.25) is 0 Å². The van der Waals surface area contributed by atoms with Crippen molar-refractivity contribution in [2.75, 3.05) is 18.0 Å². The summed E-state index contributed by atoms with van der Waals surface area (Å²) in [5.41, 5.74) is 0.970. The van der Waals surface area contributed by atoms with Crippen LogP contribution >= 0.6 is 11.3 Å². The van der Waals surface area contributed by atoms with Crippen molar-refractivity contribution in [2.45, 2.75) is 39.2 Å². The molecule has 0 spiro atoms. The normalized spacial score (nSPS) is 15.9. The zero-order valence-corrected chi connectivity index (χ0v) is 11.1. The maximum Gasteiger partial charge on any atom is 0.220 e. The highest BCUT2D eigenvalue weighted by molar-refractivity contribution is 7.13. The molecule has 2 heterocycles. The van der Waals surface area contributed by atoms with E-state index in [1.807, 2.05) is 12.3 Å². The second kappa shape index (κ2) is 6.00. The molecular weight excluding hydrogens is 234 g/mol. The third-order valence-electron chi connectivity index (χ3n) is 2.95. The van der Waals surface area contributed by atoms with Gasteiger partial charge >= 0.3 is 0 Å². The number of hydrogen-bond acceptors (Lipinski definition) is 4. The van der Waals surface area contributed by atoms with Crippen LogP contribution in [-0.4, -0.2) is 24.0 Å². The zero-order valence-electron chi connectivity index (χ0n) is 10.2. The van der Waals surface area contributed by atoms with Crippen LogP contribution in [0.3, 0.4) is 0 Å². The predicted molar refractivity (Wildman–Crippen MR) is 70.3 cm³/mol. The number of nitrogens with zero attached hydrogens (tertiary/aromatic N) is 2. The van der Waals surface area contributed by atoms with Crippen LogP contribution in [0.15, 0.2) is 5.38 Å². The van der Waals surface area contributed by atoms with Crippen LogP contribution in [-0.2, 0) is 11.3 Å². The molecule has 17 heavy (non-hydrogen) atoms. The minimum absolute atomic E-state index is 0.0810. The Morgan fingerprint density at radius 2 is 2.24 bits per heavy atom. The summed E-state index contributed by atoms with van der Waals surface area (Å²) in [7, 11) is 0. The van der Waals surface area contributed by atoms with Crippen LogP contribution < -0.4 is 10.2 Å². The smallest absolute Gasteiger partial charge is 0.220 e. The lowest BCUT2D eigenvalue weighted by Crippen LogP contribution is -2.29. The van der Waals surface area contributed by atoms with Gasteiger partial charge in [-0.2, -0.15) is 0 Å². The van der Waals surface area contributed by atoms with Crippen LogP contribution in [0.5, 0.6) is 0 Å². The Morgan fingerprint density at radius 1 is 1.47 bits per heavy atom. The molecule has 0 atom stereocenters. The predicted octanol–water partition coefficient (Wildman–Crippen LogP) is 2.16. The van der Waals surface area contributed by atoms with E-state index in [-0.39, 0.29) is 5.91 Å². The number of anilines is 1. The van der Waals surface area contributed by atoms with E-state index >= 15 is 0 Å². The van der Waals surface area contributed by atoms with Crippen LogP contribution in [0, 0.1) is 0 Å². The molecule has 2 rings (SSSR count). The van der Waals surface area contributed by atoms with Crippen molar-refractivity contribution in [1.82, 2.24) is 10.3 Å². The van der Waals surface area contributed by atoms with Crippen molar-refractivity contribution < 1.29 is 4.79 Å². The summed E-state index contributed by atoms with van der Waals surface area (Å²) in [5, 5.41) is 6.00. The maximum absolute atomic E-state index is 11.1. The number of hydrogen-bond donors (Lipinski definition) is 1. The quantitative estimate of drug-likeness (QED) is 0.894. The highest BCUT2D eigenvalue weighted by atomic mass is 32.1. The minimum atomic E-state index is 0.0810. The Hall–Kier alpha value is -1.10. The number of thiazole rings is 1. The maximum atomic E-state index is 11.1. The number of carbonyl (C=O) groups excluding carboxylic acids is 1. The third-order valence-corrected chi connectivity index (χ3v) is 3.90. The van der Waals surface area contributed by atoms with Crippen molar-refractivity contribution in [2.24, 2.45) is 0 Å². The second-order valence-corrected chi connectivity index (χ2v) is 5.14. The Morgan fingerprint density at radius 3 is 2.94 bits per heavy atom. The van der Waals surface area contributed by atoms with Gasteiger partial charge in [-0.1, -0.05) is 6.92 Å². The number of carbonyl (C=O) groups is 1. The molecule has 0 aromatic carbocycles. The van der Waals surface area contributed by atoms with Crippen molar-refractivity contribution in [1.29, 1.82) is 0 Å². The van der Waals surface area contributed by atoms with Gasteiger partial charge in [0.2, 0.25) is 5.91 Å². The van der Waals surface area contributed by atoms with E-state index in [0.717, 1.165) is 23.9 Å². The first-order chi connectivity index (χ1) is 8.29. The fourth-order valence-corrected chi connectivity index (χ4v) is 2.80. The number of piperidine rings is 1. The molecule has 4 nitrogen and oxygen atoms in total. The van der Waals surface area contributed by atoms with Crippen molar-refractivity contribution in [3.63, 3.8) is 0 Å². The first-order valence-corrected chi connectivity index (χ1v) is 7.13. The van der Waals surface area contributed by atoms with Gasteiger partial charge < -0.3 is 10.2 Å². The van der Waals surface area contributed by atoms with Gasteiger partial charge in [-0.3, -0.25) is 4.79 Å². The van der Waals surface area contributed by atoms with E-state index in [4.69, 9.17) is 0 Å². The molecule has 0 unspecified atom stereocenters. The molecule has 0 saturated carbocycles. The lowest BCUT2D eigenvalue weighted by atomic mass is 10.1. The third kappa shape index (κ3) is 3.43. The lowest BCUT2D eigenvalue weighted by molar-refractivity contribution is -0.120. The molecule has 0 radical (unpaired) electrons. The highest BCUT2D eigenvalue weighted by Crippen LogP contribution is 2.23. The summed E-state index contributed by atoms with van der Waals surface area (Å²) in [6, 6.07) is 0. The summed E-state index contributed by atoms with van der Waals surface area (Å²) in [6.07, 6.45) is 4.40. The first-order valence-electron chi connectivity index (χ1n) is 6.25. The Balaban J connectivity index is 1.88. The molecule has 1 aliphatic rings. The fraction of sp³-hybridized carbons (Fsp3) is 0.667. The van der Waals surface area contributed by atoms with Crippen LogP contribution in [0.25, 0.3) is 0 Å². The average molecular weight is 253 g/mol.